The molecule has 1 N–H and O–H groups in total. The molecule has 2 aliphatic heterocycles. The molecule has 0 aromatic heterocycles. The third-order valence-corrected chi connectivity index (χ3v) is 6.67. The van der Waals surface area contributed by atoms with Gasteiger partial charge in [-0.2, -0.15) is 4.31 Å². The molecule has 1 aromatic carbocycles. The van der Waals surface area contributed by atoms with Crippen molar-refractivity contribution in [2.24, 2.45) is 0 Å². The second kappa shape index (κ2) is 7.67. The third kappa shape index (κ3) is 4.73. The molecular formula is C19H28N2O5S. The lowest BCUT2D eigenvalue weighted by Crippen LogP contribution is -2.49. The van der Waals surface area contributed by atoms with Crippen LogP contribution >= 0.6 is 0 Å². The molecule has 0 spiro atoms. The number of sulfonamides is 1. The molecule has 8 heteroatoms. The fourth-order valence-corrected chi connectivity index (χ4v) is 5.21. The van der Waals surface area contributed by atoms with Crippen molar-refractivity contribution < 1.29 is 22.7 Å². The zero-order valence-corrected chi connectivity index (χ0v) is 17.0. The highest BCUT2D eigenvalue weighted by atomic mass is 32.2. The number of nitrogens with zero attached hydrogens (tertiary/aromatic N) is 1. The quantitative estimate of drug-likeness (QED) is 0.846. The monoisotopic (exact) mass is 396 g/mol. The zero-order valence-electron chi connectivity index (χ0n) is 16.2. The number of piperidine rings is 1. The van der Waals surface area contributed by atoms with E-state index in [9.17, 15) is 13.2 Å². The lowest BCUT2D eigenvalue weighted by Gasteiger charge is -2.35. The Balaban J connectivity index is 1.73. The van der Waals surface area contributed by atoms with Crippen LogP contribution in [0.5, 0.6) is 5.75 Å². The number of hydrogen-bond donors (Lipinski definition) is 1. The van der Waals surface area contributed by atoms with E-state index in [1.807, 2.05) is 0 Å². The number of hydrogen-bond acceptors (Lipinski definition) is 5. The van der Waals surface area contributed by atoms with Gasteiger partial charge in [-0.05, 0) is 57.4 Å². The zero-order chi connectivity index (χ0) is 19.7. The van der Waals surface area contributed by atoms with Crippen LogP contribution in [0.4, 0.5) is 4.79 Å². The van der Waals surface area contributed by atoms with E-state index in [0.717, 1.165) is 30.6 Å². The number of rotatable bonds is 4. The first kappa shape index (κ1) is 19.9. The van der Waals surface area contributed by atoms with E-state index in [1.165, 1.54) is 4.31 Å². The van der Waals surface area contributed by atoms with E-state index >= 15 is 0 Å². The van der Waals surface area contributed by atoms with Crippen LogP contribution in [0, 0.1) is 0 Å². The SMILES string of the molecule is CC(C)(C)OC(=O)NCC1CCCCN1S(=O)(=O)c1ccc2c(c1)CCO2. The summed E-state index contributed by atoms with van der Waals surface area (Å²) in [5, 5.41) is 2.72. The molecule has 150 valence electrons. The molecule has 1 fully saturated rings. The topological polar surface area (TPSA) is 84.9 Å². The maximum atomic E-state index is 13.2. The number of benzene rings is 1. The summed E-state index contributed by atoms with van der Waals surface area (Å²) in [6.07, 6.45) is 2.66. The normalized spacial score (nSPS) is 20.6. The van der Waals surface area contributed by atoms with Crippen LogP contribution in [-0.4, -0.2) is 50.2 Å². The summed E-state index contributed by atoms with van der Waals surface area (Å²) in [6, 6.07) is 4.77. The second-order valence-corrected chi connectivity index (χ2v) is 9.91. The minimum Gasteiger partial charge on any atom is -0.493 e. The van der Waals surface area contributed by atoms with Gasteiger partial charge in [-0.25, -0.2) is 13.2 Å². The fourth-order valence-electron chi connectivity index (χ4n) is 3.47. The predicted octanol–water partition coefficient (Wildman–Crippen LogP) is 2.69. The molecule has 0 saturated carbocycles. The van der Waals surface area contributed by atoms with Gasteiger partial charge in [0.05, 0.1) is 11.5 Å². The molecular weight excluding hydrogens is 368 g/mol. The van der Waals surface area contributed by atoms with Crippen LogP contribution in [0.15, 0.2) is 23.1 Å². The molecule has 0 bridgehead atoms. The molecule has 1 amide bonds. The Morgan fingerprint density at radius 2 is 2.11 bits per heavy atom. The van der Waals surface area contributed by atoms with Gasteiger partial charge in [0, 0.05) is 25.6 Å². The molecule has 0 radical (unpaired) electrons. The maximum Gasteiger partial charge on any atom is 0.407 e. The van der Waals surface area contributed by atoms with Crippen molar-refractivity contribution in [2.45, 2.75) is 63.0 Å². The van der Waals surface area contributed by atoms with Crippen molar-refractivity contribution in [3.8, 4) is 5.75 Å². The van der Waals surface area contributed by atoms with Crippen LogP contribution in [0.1, 0.15) is 45.6 Å². The van der Waals surface area contributed by atoms with Crippen LogP contribution in [0.2, 0.25) is 0 Å². The average Bonchev–Trinajstić information content (AvgIpc) is 3.06. The summed E-state index contributed by atoms with van der Waals surface area (Å²) in [6.45, 7) is 6.66. The van der Waals surface area contributed by atoms with Gasteiger partial charge < -0.3 is 14.8 Å². The first-order valence-electron chi connectivity index (χ1n) is 9.41. The van der Waals surface area contributed by atoms with Crippen LogP contribution in [-0.2, 0) is 21.2 Å². The average molecular weight is 397 g/mol. The van der Waals surface area contributed by atoms with Crippen molar-refractivity contribution in [3.63, 3.8) is 0 Å². The highest BCUT2D eigenvalue weighted by molar-refractivity contribution is 7.89. The predicted molar refractivity (Wildman–Crippen MR) is 101 cm³/mol. The number of carbonyl (C=O) groups is 1. The Morgan fingerprint density at radius 3 is 2.85 bits per heavy atom. The van der Waals surface area contributed by atoms with Crippen molar-refractivity contribution in [2.75, 3.05) is 19.7 Å². The standard InChI is InChI=1S/C19H28N2O5S/c1-19(2,3)26-18(22)20-13-15-6-4-5-10-21(15)27(23,24)16-7-8-17-14(12-16)9-11-25-17/h7-8,12,15H,4-6,9-11,13H2,1-3H3,(H,20,22). The van der Waals surface area contributed by atoms with Gasteiger partial charge in [0.25, 0.3) is 0 Å². The molecule has 1 atom stereocenters. The fraction of sp³-hybridized carbons (Fsp3) is 0.632. The summed E-state index contributed by atoms with van der Waals surface area (Å²) >= 11 is 0. The number of amides is 1. The summed E-state index contributed by atoms with van der Waals surface area (Å²) < 4.78 is 38.7. The Morgan fingerprint density at radius 1 is 1.33 bits per heavy atom. The molecule has 2 heterocycles. The molecule has 1 saturated heterocycles. The number of alkyl carbamates (subject to hydrolysis) is 1. The summed E-state index contributed by atoms with van der Waals surface area (Å²) in [4.78, 5) is 12.2. The Hall–Kier alpha value is -1.80. The molecule has 2 aliphatic rings. The maximum absolute atomic E-state index is 13.2. The Kier molecular flexibility index (Phi) is 5.67. The molecule has 27 heavy (non-hydrogen) atoms. The minimum absolute atomic E-state index is 0.238. The van der Waals surface area contributed by atoms with Gasteiger partial charge in [0.2, 0.25) is 10.0 Å². The summed E-state index contributed by atoms with van der Waals surface area (Å²) in [5.74, 6) is 0.760. The Bertz CT molecular complexity index is 801. The first-order chi connectivity index (χ1) is 12.7. The van der Waals surface area contributed by atoms with Crippen molar-refractivity contribution in [1.29, 1.82) is 0 Å². The third-order valence-electron chi connectivity index (χ3n) is 4.72. The van der Waals surface area contributed by atoms with Crippen LogP contribution in [0.25, 0.3) is 0 Å². The van der Waals surface area contributed by atoms with Gasteiger partial charge >= 0.3 is 6.09 Å². The van der Waals surface area contributed by atoms with Gasteiger partial charge in [-0.1, -0.05) is 6.42 Å². The molecule has 7 nitrogen and oxygen atoms in total. The van der Waals surface area contributed by atoms with E-state index < -0.39 is 21.7 Å². The van der Waals surface area contributed by atoms with Gasteiger partial charge in [-0.3, -0.25) is 0 Å². The van der Waals surface area contributed by atoms with Gasteiger partial charge in [0.15, 0.2) is 0 Å². The van der Waals surface area contributed by atoms with Gasteiger partial charge in [-0.15, -0.1) is 0 Å². The molecule has 3 rings (SSSR count). The number of nitrogens with one attached hydrogen (secondary N) is 1. The van der Waals surface area contributed by atoms with Crippen LogP contribution in [0.3, 0.4) is 0 Å². The van der Waals surface area contributed by atoms with E-state index in [2.05, 4.69) is 5.32 Å². The molecule has 1 unspecified atom stereocenters. The lowest BCUT2D eigenvalue weighted by molar-refractivity contribution is 0.0512. The highest BCUT2D eigenvalue weighted by Crippen LogP contribution is 2.31. The summed E-state index contributed by atoms with van der Waals surface area (Å²) in [5.41, 5.74) is 0.339. The highest BCUT2D eigenvalue weighted by Gasteiger charge is 2.34. The minimum atomic E-state index is -3.63. The van der Waals surface area contributed by atoms with E-state index in [1.54, 1.807) is 39.0 Å². The Labute approximate surface area is 161 Å². The number of carbonyl (C=O) groups excluding carboxylic acids is 1. The second-order valence-electron chi connectivity index (χ2n) is 8.02. The van der Waals surface area contributed by atoms with E-state index in [0.29, 0.717) is 19.6 Å². The largest absolute Gasteiger partial charge is 0.493 e. The van der Waals surface area contributed by atoms with Gasteiger partial charge in [0.1, 0.15) is 11.4 Å². The lowest BCUT2D eigenvalue weighted by atomic mass is 10.1. The van der Waals surface area contributed by atoms with Crippen LogP contribution < -0.4 is 10.1 Å². The number of ether oxygens (including phenoxy) is 2. The first-order valence-corrected chi connectivity index (χ1v) is 10.9. The summed E-state index contributed by atoms with van der Waals surface area (Å²) in [7, 11) is -3.63. The molecule has 1 aromatic rings. The van der Waals surface area contributed by atoms with Crippen molar-refractivity contribution in [3.05, 3.63) is 23.8 Å². The molecule has 0 aliphatic carbocycles. The van der Waals surface area contributed by atoms with Crippen molar-refractivity contribution in [1.82, 2.24) is 9.62 Å². The smallest absolute Gasteiger partial charge is 0.407 e. The van der Waals surface area contributed by atoms with Crippen molar-refractivity contribution >= 4 is 16.1 Å². The number of fused-ring (bicyclic) bond motifs is 1. The van der Waals surface area contributed by atoms with E-state index in [-0.39, 0.29) is 17.5 Å². The van der Waals surface area contributed by atoms with E-state index in [4.69, 9.17) is 9.47 Å².